The lowest BCUT2D eigenvalue weighted by atomic mass is 9.97. The number of carboxylic acids is 1. The van der Waals surface area contributed by atoms with Gasteiger partial charge in [-0.05, 0) is 30.5 Å². The average molecular weight is 333 g/mol. The number of phenols is 4. The van der Waals surface area contributed by atoms with Gasteiger partial charge in [0.05, 0.1) is 12.1 Å². The summed E-state index contributed by atoms with van der Waals surface area (Å²) in [6.45, 7) is -0.347. The zero-order valence-corrected chi connectivity index (χ0v) is 12.8. The molecule has 2 aromatic carbocycles. The molecule has 0 amide bonds. The van der Waals surface area contributed by atoms with Crippen LogP contribution in [-0.4, -0.2) is 38.0 Å². The van der Waals surface area contributed by atoms with E-state index >= 15 is 0 Å². The molecule has 2 rings (SSSR count). The van der Waals surface area contributed by atoms with E-state index in [4.69, 9.17) is 5.11 Å². The van der Waals surface area contributed by atoms with Gasteiger partial charge < -0.3 is 25.5 Å². The van der Waals surface area contributed by atoms with E-state index < -0.39 is 12.0 Å². The number of aryl methyl sites for hydroxylation is 1. The minimum absolute atomic E-state index is 0.132. The number of carbonyl (C=O) groups is 1. The fourth-order valence-corrected chi connectivity index (χ4v) is 2.50. The zero-order chi connectivity index (χ0) is 17.7. The second-order valence-corrected chi connectivity index (χ2v) is 5.43. The van der Waals surface area contributed by atoms with Gasteiger partial charge in [-0.25, -0.2) is 0 Å². The molecule has 128 valence electrons. The summed E-state index contributed by atoms with van der Waals surface area (Å²) in [5, 5.41) is 50.3. The molecular formula is C17H19NO6. The summed E-state index contributed by atoms with van der Waals surface area (Å²) in [6.07, 6.45) is 0.918. The van der Waals surface area contributed by atoms with Crippen LogP contribution in [0.5, 0.6) is 23.0 Å². The molecule has 7 heteroatoms. The van der Waals surface area contributed by atoms with Gasteiger partial charge in [0.15, 0.2) is 0 Å². The van der Waals surface area contributed by atoms with Crippen LogP contribution in [0.1, 0.15) is 23.6 Å². The van der Waals surface area contributed by atoms with Crippen LogP contribution in [0, 0.1) is 0 Å². The summed E-state index contributed by atoms with van der Waals surface area (Å²) >= 11 is 0. The van der Waals surface area contributed by atoms with Crippen molar-refractivity contribution >= 4 is 5.97 Å². The Balaban J connectivity index is 2.21. The maximum absolute atomic E-state index is 10.8. The van der Waals surface area contributed by atoms with Crippen LogP contribution in [0.25, 0.3) is 0 Å². The third kappa shape index (κ3) is 4.53. The third-order valence-electron chi connectivity index (χ3n) is 3.63. The molecule has 0 bridgehead atoms. The highest BCUT2D eigenvalue weighted by Gasteiger charge is 2.21. The number of benzene rings is 2. The Morgan fingerprint density at radius 2 is 1.54 bits per heavy atom. The van der Waals surface area contributed by atoms with Crippen LogP contribution in [0.4, 0.5) is 0 Å². The number of hydrogen-bond donors (Lipinski definition) is 6. The topological polar surface area (TPSA) is 130 Å². The lowest BCUT2D eigenvalue weighted by Gasteiger charge is -2.20. The molecule has 1 atom stereocenters. The Morgan fingerprint density at radius 3 is 2.08 bits per heavy atom. The lowest BCUT2D eigenvalue weighted by Crippen LogP contribution is -2.28. The molecule has 0 saturated carbocycles. The third-order valence-corrected chi connectivity index (χ3v) is 3.63. The highest BCUT2D eigenvalue weighted by Crippen LogP contribution is 2.38. The van der Waals surface area contributed by atoms with Crippen molar-refractivity contribution < 1.29 is 30.3 Å². The molecule has 6 N–H and O–H groups in total. The van der Waals surface area contributed by atoms with Crippen molar-refractivity contribution in [2.24, 2.45) is 0 Å². The predicted molar refractivity (Wildman–Crippen MR) is 86.2 cm³/mol. The van der Waals surface area contributed by atoms with Crippen LogP contribution in [-0.2, 0) is 11.2 Å². The Kier molecular flexibility index (Phi) is 5.49. The van der Waals surface area contributed by atoms with Gasteiger partial charge in [-0.2, -0.15) is 0 Å². The van der Waals surface area contributed by atoms with Crippen LogP contribution >= 0.6 is 0 Å². The van der Waals surface area contributed by atoms with Crippen molar-refractivity contribution in [1.29, 1.82) is 0 Å². The first kappa shape index (κ1) is 17.4. The van der Waals surface area contributed by atoms with Gasteiger partial charge in [0, 0.05) is 18.2 Å². The van der Waals surface area contributed by atoms with Crippen LogP contribution in [0.2, 0.25) is 0 Å². The Labute approximate surface area is 138 Å². The maximum Gasteiger partial charge on any atom is 0.317 e. The van der Waals surface area contributed by atoms with Crippen LogP contribution in [0.3, 0.4) is 0 Å². The number of carboxylic acid groups (broad SMARTS) is 1. The number of hydrogen-bond acceptors (Lipinski definition) is 6. The Morgan fingerprint density at radius 1 is 0.958 bits per heavy atom. The molecule has 1 unspecified atom stereocenters. The first-order valence-corrected chi connectivity index (χ1v) is 7.34. The average Bonchev–Trinajstić information content (AvgIpc) is 2.49. The fourth-order valence-electron chi connectivity index (χ4n) is 2.50. The quantitative estimate of drug-likeness (QED) is 0.456. The van der Waals surface area contributed by atoms with E-state index in [1.165, 1.54) is 0 Å². The second kappa shape index (κ2) is 7.56. The summed E-state index contributed by atoms with van der Waals surface area (Å²) in [5.41, 5.74) is 1.04. The minimum Gasteiger partial charge on any atom is -0.508 e. The molecule has 0 aliphatic heterocycles. The molecule has 0 aliphatic carbocycles. The minimum atomic E-state index is -1.07. The van der Waals surface area contributed by atoms with Gasteiger partial charge in [-0.15, -0.1) is 0 Å². The molecule has 2 aromatic rings. The Bertz CT molecular complexity index is 691. The number of nitrogens with one attached hydrogen (secondary N) is 1. The van der Waals surface area contributed by atoms with Gasteiger partial charge in [0.25, 0.3) is 0 Å². The molecule has 0 aromatic heterocycles. The van der Waals surface area contributed by atoms with Crippen LogP contribution < -0.4 is 5.32 Å². The summed E-state index contributed by atoms with van der Waals surface area (Å²) in [7, 11) is 0. The zero-order valence-electron chi connectivity index (χ0n) is 12.8. The van der Waals surface area contributed by atoms with E-state index in [0.717, 1.165) is 17.7 Å². The second-order valence-electron chi connectivity index (χ2n) is 5.43. The van der Waals surface area contributed by atoms with Gasteiger partial charge in [0.1, 0.15) is 23.0 Å². The molecule has 7 nitrogen and oxygen atoms in total. The van der Waals surface area contributed by atoms with E-state index in [1.54, 1.807) is 24.3 Å². The smallest absolute Gasteiger partial charge is 0.317 e. The number of rotatable bonds is 7. The largest absolute Gasteiger partial charge is 0.508 e. The summed E-state index contributed by atoms with van der Waals surface area (Å²) < 4.78 is 0. The highest BCUT2D eigenvalue weighted by atomic mass is 16.4. The van der Waals surface area contributed by atoms with Crippen molar-refractivity contribution in [3.05, 3.63) is 47.5 Å². The summed E-state index contributed by atoms with van der Waals surface area (Å²) in [6, 6.07) is 8.11. The Hall–Kier alpha value is -2.93. The summed E-state index contributed by atoms with van der Waals surface area (Å²) in [4.78, 5) is 10.8. The van der Waals surface area contributed by atoms with E-state index in [-0.39, 0.29) is 35.1 Å². The summed E-state index contributed by atoms with van der Waals surface area (Å²) in [5.74, 6) is -1.85. The first-order valence-electron chi connectivity index (χ1n) is 7.34. The molecule has 0 aliphatic rings. The van der Waals surface area contributed by atoms with Gasteiger partial charge in [0.2, 0.25) is 0 Å². The predicted octanol–water partition coefficient (Wildman–Crippen LogP) is 1.86. The lowest BCUT2D eigenvalue weighted by molar-refractivity contribution is -0.136. The molecule has 0 saturated heterocycles. The fraction of sp³-hybridized carbons (Fsp3) is 0.235. The van der Waals surface area contributed by atoms with Gasteiger partial charge in [-0.1, -0.05) is 12.1 Å². The van der Waals surface area contributed by atoms with Crippen molar-refractivity contribution in [3.8, 4) is 23.0 Å². The molecule has 0 radical (unpaired) electrons. The molecule has 0 spiro atoms. The molecule has 0 fully saturated rings. The van der Waals surface area contributed by atoms with Crippen molar-refractivity contribution in [2.75, 3.05) is 6.54 Å². The van der Waals surface area contributed by atoms with E-state index in [9.17, 15) is 25.2 Å². The van der Waals surface area contributed by atoms with Crippen molar-refractivity contribution in [2.45, 2.75) is 18.9 Å². The maximum atomic E-state index is 10.8. The van der Waals surface area contributed by atoms with Gasteiger partial charge >= 0.3 is 5.97 Å². The van der Waals surface area contributed by atoms with Crippen molar-refractivity contribution in [1.82, 2.24) is 5.32 Å². The molecule has 24 heavy (non-hydrogen) atoms. The van der Waals surface area contributed by atoms with E-state index in [1.807, 2.05) is 0 Å². The normalized spacial score (nSPS) is 12.0. The number of aromatic hydroxyl groups is 4. The standard InChI is InChI=1S/C17H19NO6/c19-11-4-1-10(2-5-11)3-6-13(18-9-16(23)24)17-14(21)7-12(20)8-15(17)22/h1-2,4-5,7-8,13,18-22H,3,6,9H2,(H,23,24). The van der Waals surface area contributed by atoms with E-state index in [2.05, 4.69) is 5.32 Å². The van der Waals surface area contributed by atoms with E-state index in [0.29, 0.717) is 12.8 Å². The molecule has 0 heterocycles. The molecular weight excluding hydrogens is 314 g/mol. The SMILES string of the molecule is O=C(O)CNC(CCc1ccc(O)cc1)c1c(O)cc(O)cc1O. The van der Waals surface area contributed by atoms with Gasteiger partial charge in [-0.3, -0.25) is 10.1 Å². The van der Waals surface area contributed by atoms with Crippen LogP contribution in [0.15, 0.2) is 36.4 Å². The first-order chi connectivity index (χ1) is 11.4. The number of phenolic OH excluding ortho intramolecular Hbond substituents is 4. The number of aliphatic carboxylic acids is 1. The highest BCUT2D eigenvalue weighted by molar-refractivity contribution is 5.69. The monoisotopic (exact) mass is 333 g/mol. The van der Waals surface area contributed by atoms with Crippen molar-refractivity contribution in [3.63, 3.8) is 0 Å².